The molecule has 0 saturated carbocycles. The number of likely N-dealkylation sites (N-methyl/N-ethyl adjacent to an activating group) is 1. The van der Waals surface area contributed by atoms with Gasteiger partial charge in [0.2, 0.25) is 0 Å². The van der Waals surface area contributed by atoms with E-state index in [9.17, 15) is 4.79 Å². The summed E-state index contributed by atoms with van der Waals surface area (Å²) in [4.78, 5) is 16.5. The van der Waals surface area contributed by atoms with Crippen LogP contribution in [0.1, 0.15) is 38.8 Å². The van der Waals surface area contributed by atoms with E-state index < -0.39 is 0 Å². The Bertz CT molecular complexity index is 615. The Morgan fingerprint density at radius 3 is 2.95 bits per heavy atom. The fourth-order valence-corrected chi connectivity index (χ4v) is 2.96. The predicted molar refractivity (Wildman–Crippen MR) is 75.5 cm³/mol. The molecule has 1 aliphatic heterocycles. The first-order valence-corrected chi connectivity index (χ1v) is 6.59. The van der Waals surface area contributed by atoms with Crippen molar-refractivity contribution in [3.05, 3.63) is 58.4 Å². The van der Waals surface area contributed by atoms with Gasteiger partial charge < -0.3 is 9.88 Å². The van der Waals surface area contributed by atoms with Crippen LogP contribution in [0.5, 0.6) is 0 Å². The number of nitrogens with one attached hydrogen (secondary N) is 1. The SMILES string of the molecule is Cc1cccc(C2CN(C)Cc3cc(C=O)[nH]c32)c1. The largest absolute Gasteiger partial charge is 0.355 e. The minimum Gasteiger partial charge on any atom is -0.355 e. The first-order valence-electron chi connectivity index (χ1n) is 6.59. The quantitative estimate of drug-likeness (QED) is 0.836. The Kier molecular flexibility index (Phi) is 2.99. The second-order valence-corrected chi connectivity index (χ2v) is 5.44. The number of aromatic nitrogens is 1. The van der Waals surface area contributed by atoms with E-state index in [2.05, 4.69) is 48.1 Å². The van der Waals surface area contributed by atoms with Crippen LogP contribution in [-0.2, 0) is 6.54 Å². The van der Waals surface area contributed by atoms with E-state index in [1.165, 1.54) is 22.4 Å². The van der Waals surface area contributed by atoms with Crippen LogP contribution in [0.2, 0.25) is 0 Å². The average Bonchev–Trinajstić information content (AvgIpc) is 2.80. The summed E-state index contributed by atoms with van der Waals surface area (Å²) in [7, 11) is 2.12. The second-order valence-electron chi connectivity index (χ2n) is 5.44. The van der Waals surface area contributed by atoms with Crippen LogP contribution in [0.25, 0.3) is 0 Å². The second kappa shape index (κ2) is 4.67. The normalized spacial score (nSPS) is 19.2. The maximum atomic E-state index is 11.0. The molecule has 0 bridgehead atoms. The summed E-state index contributed by atoms with van der Waals surface area (Å²) in [6, 6.07) is 10.6. The third kappa shape index (κ3) is 2.22. The first-order chi connectivity index (χ1) is 9.17. The topological polar surface area (TPSA) is 36.1 Å². The number of rotatable bonds is 2. The van der Waals surface area contributed by atoms with Crippen molar-refractivity contribution < 1.29 is 4.79 Å². The summed E-state index contributed by atoms with van der Waals surface area (Å²) in [6.45, 7) is 4.00. The van der Waals surface area contributed by atoms with Crippen molar-refractivity contribution in [2.45, 2.75) is 19.4 Å². The van der Waals surface area contributed by atoms with E-state index in [-0.39, 0.29) is 0 Å². The molecular weight excluding hydrogens is 236 g/mol. The summed E-state index contributed by atoms with van der Waals surface area (Å²) in [6.07, 6.45) is 0.894. The highest BCUT2D eigenvalue weighted by atomic mass is 16.1. The molecule has 1 aromatic heterocycles. The number of nitrogens with zero attached hydrogens (tertiary/aromatic N) is 1. The van der Waals surface area contributed by atoms with Crippen LogP contribution >= 0.6 is 0 Å². The molecule has 1 aliphatic rings. The zero-order valence-corrected chi connectivity index (χ0v) is 11.3. The molecule has 0 fully saturated rings. The lowest BCUT2D eigenvalue weighted by atomic mass is 9.89. The van der Waals surface area contributed by atoms with Crippen LogP contribution in [0.4, 0.5) is 0 Å². The monoisotopic (exact) mass is 254 g/mol. The van der Waals surface area contributed by atoms with E-state index in [1.54, 1.807) is 0 Å². The standard InChI is InChI=1S/C16H18N2O/c1-11-4-3-5-12(6-11)15-9-18(2)8-13-7-14(10-19)17-16(13)15/h3-7,10,15,17H,8-9H2,1-2H3. The molecule has 1 aromatic carbocycles. The maximum Gasteiger partial charge on any atom is 0.166 e. The van der Waals surface area contributed by atoms with Gasteiger partial charge in [-0.05, 0) is 31.2 Å². The summed E-state index contributed by atoms with van der Waals surface area (Å²) in [5.41, 5.74) is 5.70. The van der Waals surface area contributed by atoms with Crippen LogP contribution < -0.4 is 0 Å². The number of fused-ring (bicyclic) bond motifs is 1. The van der Waals surface area contributed by atoms with Gasteiger partial charge in [0.1, 0.15) is 0 Å². The van der Waals surface area contributed by atoms with Gasteiger partial charge in [-0.15, -0.1) is 0 Å². The molecule has 0 spiro atoms. The van der Waals surface area contributed by atoms with Crippen molar-refractivity contribution in [1.82, 2.24) is 9.88 Å². The molecule has 19 heavy (non-hydrogen) atoms. The lowest BCUT2D eigenvalue weighted by Gasteiger charge is -2.30. The molecule has 0 amide bonds. The highest BCUT2D eigenvalue weighted by Gasteiger charge is 2.26. The number of carbonyl (C=O) groups is 1. The van der Waals surface area contributed by atoms with Crippen molar-refractivity contribution in [2.75, 3.05) is 13.6 Å². The summed E-state index contributed by atoms with van der Waals surface area (Å²) in [5, 5.41) is 0. The lowest BCUT2D eigenvalue weighted by Crippen LogP contribution is -2.30. The molecule has 3 nitrogen and oxygen atoms in total. The molecule has 1 atom stereocenters. The number of aromatic amines is 1. The van der Waals surface area contributed by atoms with E-state index in [1.807, 2.05) is 6.07 Å². The fraction of sp³-hybridized carbons (Fsp3) is 0.312. The van der Waals surface area contributed by atoms with Crippen molar-refractivity contribution in [3.8, 4) is 0 Å². The zero-order valence-electron chi connectivity index (χ0n) is 11.3. The number of carbonyl (C=O) groups excluding carboxylic acids is 1. The smallest absolute Gasteiger partial charge is 0.166 e. The van der Waals surface area contributed by atoms with Gasteiger partial charge in [0.25, 0.3) is 0 Å². The van der Waals surface area contributed by atoms with Crippen LogP contribution in [0.3, 0.4) is 0 Å². The van der Waals surface area contributed by atoms with Gasteiger partial charge in [-0.1, -0.05) is 29.8 Å². The molecule has 98 valence electrons. The van der Waals surface area contributed by atoms with Gasteiger partial charge in [0.15, 0.2) is 6.29 Å². The van der Waals surface area contributed by atoms with Crippen LogP contribution in [0, 0.1) is 6.92 Å². The summed E-state index contributed by atoms with van der Waals surface area (Å²) in [5.74, 6) is 0.322. The van der Waals surface area contributed by atoms with Gasteiger partial charge in [-0.3, -0.25) is 4.79 Å². The number of hydrogen-bond acceptors (Lipinski definition) is 2. The maximum absolute atomic E-state index is 11.0. The number of hydrogen-bond donors (Lipinski definition) is 1. The molecule has 2 aromatic rings. The fourth-order valence-electron chi connectivity index (χ4n) is 2.96. The molecule has 1 unspecified atom stereocenters. The van der Waals surface area contributed by atoms with E-state index in [0.29, 0.717) is 11.6 Å². The van der Waals surface area contributed by atoms with Crippen molar-refractivity contribution >= 4 is 6.29 Å². The number of aldehydes is 1. The highest BCUT2D eigenvalue weighted by molar-refractivity contribution is 5.73. The first kappa shape index (κ1) is 12.2. The third-order valence-electron chi connectivity index (χ3n) is 3.81. The third-order valence-corrected chi connectivity index (χ3v) is 3.81. The minimum atomic E-state index is 0.322. The van der Waals surface area contributed by atoms with Gasteiger partial charge in [-0.25, -0.2) is 0 Å². The highest BCUT2D eigenvalue weighted by Crippen LogP contribution is 2.32. The molecule has 0 saturated heterocycles. The van der Waals surface area contributed by atoms with E-state index >= 15 is 0 Å². The van der Waals surface area contributed by atoms with Crippen molar-refractivity contribution in [3.63, 3.8) is 0 Å². The van der Waals surface area contributed by atoms with E-state index in [0.717, 1.165) is 19.4 Å². The van der Waals surface area contributed by atoms with Gasteiger partial charge in [-0.2, -0.15) is 0 Å². The number of aryl methyl sites for hydroxylation is 1. The Hall–Kier alpha value is -1.87. The van der Waals surface area contributed by atoms with Crippen molar-refractivity contribution in [1.29, 1.82) is 0 Å². The lowest BCUT2D eigenvalue weighted by molar-refractivity contribution is 0.111. The average molecular weight is 254 g/mol. The van der Waals surface area contributed by atoms with Gasteiger partial charge in [0.05, 0.1) is 5.69 Å². The Morgan fingerprint density at radius 2 is 2.21 bits per heavy atom. The molecule has 0 aliphatic carbocycles. The van der Waals surface area contributed by atoms with E-state index in [4.69, 9.17) is 0 Å². The van der Waals surface area contributed by atoms with Gasteiger partial charge in [0, 0.05) is 24.7 Å². The molecule has 3 rings (SSSR count). The molecule has 1 N–H and O–H groups in total. The van der Waals surface area contributed by atoms with Crippen LogP contribution in [0.15, 0.2) is 30.3 Å². The van der Waals surface area contributed by atoms with Crippen LogP contribution in [-0.4, -0.2) is 29.8 Å². The minimum absolute atomic E-state index is 0.322. The number of H-pyrrole nitrogens is 1. The molecular formula is C16H18N2O. The molecule has 2 heterocycles. The Balaban J connectivity index is 2.07. The number of benzene rings is 1. The predicted octanol–water partition coefficient (Wildman–Crippen LogP) is 2.71. The molecule has 0 radical (unpaired) electrons. The zero-order chi connectivity index (χ0) is 13.4. The van der Waals surface area contributed by atoms with Gasteiger partial charge >= 0.3 is 0 Å². The Morgan fingerprint density at radius 1 is 1.37 bits per heavy atom. The molecule has 3 heteroatoms. The Labute approximate surface area is 113 Å². The summed E-state index contributed by atoms with van der Waals surface area (Å²) >= 11 is 0. The van der Waals surface area contributed by atoms with Crippen molar-refractivity contribution in [2.24, 2.45) is 0 Å². The summed E-state index contributed by atoms with van der Waals surface area (Å²) < 4.78 is 0.